The highest BCUT2D eigenvalue weighted by atomic mass is 19.4. The topological polar surface area (TPSA) is 21.3 Å². The van der Waals surface area contributed by atoms with Crippen LogP contribution in [0.25, 0.3) is 0 Å². The maximum Gasteiger partial charge on any atom is 0.393 e. The molecule has 0 saturated carbocycles. The summed E-state index contributed by atoms with van der Waals surface area (Å²) in [5.74, 6) is -1.66. The van der Waals surface area contributed by atoms with Gasteiger partial charge in [0.1, 0.15) is 0 Å². The van der Waals surface area contributed by atoms with Crippen LogP contribution in [0.5, 0.6) is 0 Å². The van der Waals surface area contributed by atoms with Crippen molar-refractivity contribution in [2.75, 3.05) is 26.8 Å². The van der Waals surface area contributed by atoms with E-state index >= 15 is 0 Å². The summed E-state index contributed by atoms with van der Waals surface area (Å²) in [6.45, 7) is 0.604. The van der Waals surface area contributed by atoms with Crippen molar-refractivity contribution < 1.29 is 17.9 Å². The van der Waals surface area contributed by atoms with Gasteiger partial charge in [0.15, 0.2) is 0 Å². The Kier molecular flexibility index (Phi) is 2.95. The van der Waals surface area contributed by atoms with Crippen molar-refractivity contribution in [3.63, 3.8) is 0 Å². The molecule has 1 fully saturated rings. The van der Waals surface area contributed by atoms with Crippen molar-refractivity contribution in [1.29, 1.82) is 0 Å². The van der Waals surface area contributed by atoms with Gasteiger partial charge in [0.2, 0.25) is 0 Å². The van der Waals surface area contributed by atoms with E-state index in [1.165, 1.54) is 7.11 Å². The van der Waals surface area contributed by atoms with Crippen LogP contribution in [0.2, 0.25) is 0 Å². The van der Waals surface area contributed by atoms with E-state index in [1.807, 2.05) is 0 Å². The molecular weight excluding hydrogens is 171 g/mol. The number of halogens is 3. The first kappa shape index (κ1) is 9.80. The molecule has 0 aromatic carbocycles. The molecule has 2 atom stereocenters. The highest BCUT2D eigenvalue weighted by Crippen LogP contribution is 2.34. The Morgan fingerprint density at radius 2 is 2.08 bits per heavy atom. The van der Waals surface area contributed by atoms with E-state index in [2.05, 4.69) is 5.32 Å². The minimum Gasteiger partial charge on any atom is -0.384 e. The van der Waals surface area contributed by atoms with E-state index in [0.29, 0.717) is 6.54 Å². The molecule has 0 unspecified atom stereocenters. The van der Waals surface area contributed by atoms with Crippen molar-refractivity contribution in [3.05, 3.63) is 0 Å². The maximum absolute atomic E-state index is 12.2. The second-order valence-electron chi connectivity index (χ2n) is 3.02. The molecule has 1 heterocycles. The van der Waals surface area contributed by atoms with Gasteiger partial charge >= 0.3 is 6.18 Å². The summed E-state index contributed by atoms with van der Waals surface area (Å²) in [6, 6.07) is 0. The van der Waals surface area contributed by atoms with Gasteiger partial charge in [-0.25, -0.2) is 0 Å². The van der Waals surface area contributed by atoms with Crippen LogP contribution in [0.3, 0.4) is 0 Å². The third-order valence-corrected chi connectivity index (χ3v) is 2.14. The van der Waals surface area contributed by atoms with Crippen LogP contribution in [0.15, 0.2) is 0 Å². The molecule has 2 nitrogen and oxygen atoms in total. The van der Waals surface area contributed by atoms with Gasteiger partial charge in [0, 0.05) is 26.1 Å². The molecule has 0 aromatic rings. The van der Waals surface area contributed by atoms with Crippen molar-refractivity contribution >= 4 is 0 Å². The fourth-order valence-electron chi connectivity index (χ4n) is 1.51. The lowest BCUT2D eigenvalue weighted by molar-refractivity contribution is -0.182. The Bertz CT molecular complexity index is 148. The Labute approximate surface area is 69.1 Å². The quantitative estimate of drug-likeness (QED) is 0.690. The average molecular weight is 183 g/mol. The van der Waals surface area contributed by atoms with E-state index < -0.39 is 18.0 Å². The summed E-state index contributed by atoms with van der Waals surface area (Å²) in [4.78, 5) is 0. The molecule has 1 rings (SSSR count). The number of alkyl halides is 3. The summed E-state index contributed by atoms with van der Waals surface area (Å²) in [7, 11) is 1.42. The normalized spacial score (nSPS) is 31.0. The molecule has 0 aromatic heterocycles. The Morgan fingerprint density at radius 1 is 1.42 bits per heavy atom. The Balaban J connectivity index is 2.52. The van der Waals surface area contributed by atoms with E-state index in [4.69, 9.17) is 4.74 Å². The van der Waals surface area contributed by atoms with Gasteiger partial charge in [0.05, 0.1) is 12.5 Å². The smallest absolute Gasteiger partial charge is 0.384 e. The lowest BCUT2D eigenvalue weighted by Gasteiger charge is -2.20. The van der Waals surface area contributed by atoms with E-state index in [1.54, 1.807) is 0 Å². The van der Waals surface area contributed by atoms with Crippen LogP contribution in [0.1, 0.15) is 0 Å². The van der Waals surface area contributed by atoms with Gasteiger partial charge < -0.3 is 10.1 Å². The first-order chi connectivity index (χ1) is 5.55. The van der Waals surface area contributed by atoms with Gasteiger partial charge in [-0.1, -0.05) is 0 Å². The molecule has 1 N–H and O–H groups in total. The molecule has 12 heavy (non-hydrogen) atoms. The Hall–Kier alpha value is -0.290. The van der Waals surface area contributed by atoms with Gasteiger partial charge in [-0.2, -0.15) is 13.2 Å². The Morgan fingerprint density at radius 3 is 2.58 bits per heavy atom. The molecule has 0 amide bonds. The molecule has 0 bridgehead atoms. The van der Waals surface area contributed by atoms with Crippen LogP contribution in [0.4, 0.5) is 13.2 Å². The fourth-order valence-corrected chi connectivity index (χ4v) is 1.51. The van der Waals surface area contributed by atoms with E-state index in [0.717, 1.165) is 0 Å². The van der Waals surface area contributed by atoms with Gasteiger partial charge in [0.25, 0.3) is 0 Å². The zero-order valence-electron chi connectivity index (χ0n) is 6.82. The lowest BCUT2D eigenvalue weighted by Crippen LogP contribution is -2.31. The van der Waals surface area contributed by atoms with Crippen molar-refractivity contribution in [2.45, 2.75) is 6.18 Å². The standard InChI is InChI=1S/C7H12F3NO/c1-12-4-5-2-11-3-6(5)7(8,9)10/h5-6,11H,2-4H2,1H3/t5-,6+/m1/s1. The number of nitrogens with one attached hydrogen (secondary N) is 1. The second kappa shape index (κ2) is 3.62. The summed E-state index contributed by atoms with van der Waals surface area (Å²) < 4.78 is 41.4. The summed E-state index contributed by atoms with van der Waals surface area (Å²) in [6.07, 6.45) is -4.09. The van der Waals surface area contributed by atoms with E-state index in [-0.39, 0.29) is 13.2 Å². The first-order valence-corrected chi connectivity index (χ1v) is 3.82. The van der Waals surface area contributed by atoms with Crippen LogP contribution >= 0.6 is 0 Å². The molecule has 0 aliphatic carbocycles. The lowest BCUT2D eigenvalue weighted by atomic mass is 9.96. The first-order valence-electron chi connectivity index (χ1n) is 3.82. The zero-order valence-corrected chi connectivity index (χ0v) is 6.82. The fraction of sp³-hybridized carbons (Fsp3) is 1.00. The van der Waals surface area contributed by atoms with Crippen LogP contribution in [0, 0.1) is 11.8 Å². The molecule has 0 spiro atoms. The van der Waals surface area contributed by atoms with Crippen LogP contribution in [-0.4, -0.2) is 33.0 Å². The van der Waals surface area contributed by atoms with Crippen LogP contribution < -0.4 is 5.32 Å². The molecular formula is C7H12F3NO. The molecule has 0 radical (unpaired) electrons. The van der Waals surface area contributed by atoms with Gasteiger partial charge in [-0.3, -0.25) is 0 Å². The van der Waals surface area contributed by atoms with Crippen molar-refractivity contribution in [2.24, 2.45) is 11.8 Å². The summed E-state index contributed by atoms with van der Waals surface area (Å²) >= 11 is 0. The second-order valence-corrected chi connectivity index (χ2v) is 3.02. The van der Waals surface area contributed by atoms with Gasteiger partial charge in [-0.05, 0) is 0 Å². The molecule has 72 valence electrons. The third kappa shape index (κ3) is 2.10. The number of rotatable bonds is 2. The number of hydrogen-bond acceptors (Lipinski definition) is 2. The van der Waals surface area contributed by atoms with E-state index in [9.17, 15) is 13.2 Å². The highest BCUT2D eigenvalue weighted by molar-refractivity contribution is 4.85. The third-order valence-electron chi connectivity index (χ3n) is 2.14. The maximum atomic E-state index is 12.2. The van der Waals surface area contributed by atoms with Crippen LogP contribution in [-0.2, 0) is 4.74 Å². The summed E-state index contributed by atoms with van der Waals surface area (Å²) in [5.41, 5.74) is 0. The predicted octanol–water partition coefficient (Wildman–Crippen LogP) is 1.03. The number of methoxy groups -OCH3 is 1. The number of hydrogen-bond donors (Lipinski definition) is 1. The number of ether oxygens (including phenoxy) is 1. The zero-order chi connectivity index (χ0) is 9.19. The molecule has 5 heteroatoms. The average Bonchev–Trinajstić information content (AvgIpc) is 2.34. The molecule has 1 saturated heterocycles. The summed E-state index contributed by atoms with van der Waals surface area (Å²) in [5, 5.41) is 2.71. The minimum atomic E-state index is -4.09. The predicted molar refractivity (Wildman–Crippen MR) is 37.8 cm³/mol. The largest absolute Gasteiger partial charge is 0.393 e. The van der Waals surface area contributed by atoms with Gasteiger partial charge in [-0.15, -0.1) is 0 Å². The van der Waals surface area contributed by atoms with Crippen molar-refractivity contribution in [3.8, 4) is 0 Å². The molecule has 1 aliphatic rings. The SMILES string of the molecule is COC[C@H]1CNC[C@@H]1C(F)(F)F. The van der Waals surface area contributed by atoms with Crippen molar-refractivity contribution in [1.82, 2.24) is 5.32 Å². The minimum absolute atomic E-state index is 0.0253. The highest BCUT2D eigenvalue weighted by Gasteiger charge is 2.46. The monoisotopic (exact) mass is 183 g/mol. The molecule has 1 aliphatic heterocycles.